The van der Waals surface area contributed by atoms with E-state index < -0.39 is 88.6 Å². The summed E-state index contributed by atoms with van der Waals surface area (Å²) in [6, 6.07) is 10.8. The molecule has 3 aromatic heterocycles. The molecular weight excluding hydrogens is 911 g/mol. The van der Waals surface area contributed by atoms with Gasteiger partial charge in [-0.2, -0.15) is 0 Å². The lowest BCUT2D eigenvalue weighted by atomic mass is 8.35. The minimum absolute atomic E-state index is 0.00694. The number of aromatic nitrogens is 3. The highest BCUT2D eigenvalue weighted by Crippen LogP contribution is 2.36. The molecule has 0 unspecified atom stereocenters. The molecule has 0 saturated carbocycles. The zero-order valence-corrected chi connectivity index (χ0v) is 42.1. The number of aliphatic hydroxyl groups is 2. The summed E-state index contributed by atoms with van der Waals surface area (Å²) in [4.78, 5) is 22.9. The van der Waals surface area contributed by atoms with Crippen molar-refractivity contribution in [3.8, 4) is 0 Å². The Morgan fingerprint density at radius 3 is 1.23 bits per heavy atom. The first-order chi connectivity index (χ1) is 29.6. The van der Waals surface area contributed by atoms with E-state index in [0.717, 1.165) is 14.4 Å². The van der Waals surface area contributed by atoms with E-state index in [4.69, 9.17) is 110 Å². The number of carbonyl (C=O) groups excluding carboxylic acids is 1. The molecule has 4 rings (SSSR count). The van der Waals surface area contributed by atoms with Gasteiger partial charge in [0.2, 0.25) is 0 Å². The Kier molecular flexibility index (Phi) is 26.3. The molecular formula is C29H38B26Br2N3O5. The minimum Gasteiger partial charge on any atom is -0.399 e. The molecule has 1 aliphatic rings. The molecule has 1 fully saturated rings. The van der Waals surface area contributed by atoms with Crippen molar-refractivity contribution in [3.63, 3.8) is 0 Å². The molecule has 8 nitrogen and oxygen atoms in total. The third-order valence-electron chi connectivity index (χ3n) is 11.0. The van der Waals surface area contributed by atoms with Crippen LogP contribution in [0.25, 0.3) is 0 Å². The maximum atomic E-state index is 10.7. The number of carbonyl (C=O) groups is 1. The zero-order chi connectivity index (χ0) is 50.6. The molecule has 291 valence electrons. The molecule has 4 heterocycles. The third kappa shape index (κ3) is 19.7. The molecule has 3 aromatic rings. The number of hydrogen-bond acceptors (Lipinski definition) is 8. The van der Waals surface area contributed by atoms with Crippen LogP contribution in [0.5, 0.6) is 0 Å². The molecule has 1 aliphatic heterocycles. The van der Waals surface area contributed by atoms with Gasteiger partial charge in [-0.3, -0.25) is 19.7 Å². The summed E-state index contributed by atoms with van der Waals surface area (Å²) in [5.74, 6) is -0.00694. The van der Waals surface area contributed by atoms with Gasteiger partial charge in [-0.1, -0.05) is 6.07 Å². The van der Waals surface area contributed by atoms with Gasteiger partial charge in [0.05, 0.1) is 22.6 Å². The molecule has 0 aromatic carbocycles. The Bertz CT molecular complexity index is 1810. The van der Waals surface area contributed by atoms with Crippen LogP contribution in [0.4, 0.5) is 0 Å². The average molecular weight is 950 g/mol. The van der Waals surface area contributed by atoms with Crippen molar-refractivity contribution in [1.29, 1.82) is 0 Å². The molecule has 27 radical (unpaired) electrons. The van der Waals surface area contributed by atoms with Crippen molar-refractivity contribution in [1.82, 2.24) is 15.0 Å². The molecule has 36 heteroatoms. The van der Waals surface area contributed by atoms with Gasteiger partial charge in [0.25, 0.3) is 0 Å². The highest BCUT2D eigenvalue weighted by Gasteiger charge is 2.52. The molecule has 1 saturated heterocycles. The van der Waals surface area contributed by atoms with E-state index in [1.807, 2.05) is 39.8 Å². The van der Waals surface area contributed by atoms with Gasteiger partial charge in [-0.05, 0) is 118 Å². The Morgan fingerprint density at radius 1 is 0.600 bits per heavy atom. The number of rotatable bonds is 15. The molecule has 0 amide bonds. The van der Waals surface area contributed by atoms with E-state index in [2.05, 4.69) is 46.8 Å². The highest BCUT2D eigenvalue weighted by molar-refractivity contribution is 9.10. The standard InChI is InChI=1S/C14H22BNO3.C8H10BrNO.C7H6BrNO.B25/c1-12(2,17)11-8-7-10(9-16-11)15-18-13(3,4)14(5,6)19-15;1-8(2,11)7-4-3-6(9)5-10-7;1-5(10)7-3-2-6(8)4-9-7;1-14-21(15(2)3)24(20(12)13)25(22(16(4)5)17(6)7)23(18(8)9)19(10)11/h7-9,17H,1-6H3;3-5,11H,1-2H3;2-4H,1H3;. The Hall–Kier alpha value is -0.392. The fraction of sp³-hybridized carbons (Fsp3) is 0.448. The van der Waals surface area contributed by atoms with Crippen molar-refractivity contribution in [2.45, 2.75) is 84.7 Å². The number of Topliss-reactive ketones (excluding diaryl/α,β-unsaturated/α-hetero) is 1. The number of hydrogen-bond donors (Lipinski definition) is 2. The van der Waals surface area contributed by atoms with E-state index in [-0.39, 0.29) is 17.0 Å². The minimum atomic E-state index is -0.960. The molecule has 0 aliphatic carbocycles. The second kappa shape index (κ2) is 27.3. The third-order valence-corrected chi connectivity index (χ3v) is 12.0. The maximum Gasteiger partial charge on any atom is 0.496 e. The van der Waals surface area contributed by atoms with Crippen LogP contribution in [0.15, 0.2) is 63.9 Å². The molecule has 2 N–H and O–H groups in total. The summed E-state index contributed by atoms with van der Waals surface area (Å²) >= 11 is 6.49. The van der Waals surface area contributed by atoms with E-state index >= 15 is 0 Å². The smallest absolute Gasteiger partial charge is 0.399 e. The number of ketones is 1. The average Bonchev–Trinajstić information content (AvgIpc) is 3.38. The summed E-state index contributed by atoms with van der Waals surface area (Å²) in [6.45, 7) is 16.4. The van der Waals surface area contributed by atoms with Crippen LogP contribution in [-0.4, -0.2) is 227 Å². The summed E-state index contributed by atoms with van der Waals surface area (Å²) in [5.41, 5.74) is 0.192. The number of nitrogens with zero attached hydrogens (tertiary/aromatic N) is 3. The molecule has 65 heavy (non-hydrogen) atoms. The zero-order valence-electron chi connectivity index (χ0n) is 38.9. The molecule has 0 atom stereocenters. The van der Waals surface area contributed by atoms with Crippen LogP contribution >= 0.6 is 31.9 Å². The van der Waals surface area contributed by atoms with Crippen LogP contribution in [0.1, 0.15) is 84.2 Å². The molecule has 0 bridgehead atoms. The Labute approximate surface area is 430 Å². The van der Waals surface area contributed by atoms with Crippen molar-refractivity contribution in [2.75, 3.05) is 0 Å². The number of pyridine rings is 3. The van der Waals surface area contributed by atoms with Crippen molar-refractivity contribution in [3.05, 3.63) is 81.0 Å². The van der Waals surface area contributed by atoms with Gasteiger partial charge >= 0.3 is 7.12 Å². The van der Waals surface area contributed by atoms with E-state index in [1.165, 1.54) is 14.0 Å². The van der Waals surface area contributed by atoms with Crippen LogP contribution in [0.3, 0.4) is 0 Å². The van der Waals surface area contributed by atoms with Crippen LogP contribution in [-0.2, 0) is 20.5 Å². The summed E-state index contributed by atoms with van der Waals surface area (Å²) in [7, 11) is 77.5. The van der Waals surface area contributed by atoms with E-state index in [0.29, 0.717) is 17.1 Å². The topological polar surface area (TPSA) is 115 Å². The number of halogens is 2. The highest BCUT2D eigenvalue weighted by atomic mass is 79.9. The first-order valence-corrected chi connectivity index (χ1v) is 22.3. The SMILES string of the molecule is CC(=O)c1ccc(Br)cn1.CC(C)(O)c1ccc(B2OC(C)(C)C(C)(C)O2)cn1.CC(C)(O)c1ccc(Br)cn1.[B][B]B(B([B])[B])B(B([B])[B])B(B(B([B])[B])B([B])[B])B(B([B])[B])B([B])[B]. The first kappa shape index (κ1) is 62.6. The van der Waals surface area contributed by atoms with Crippen LogP contribution in [0, 0.1) is 0 Å². The Morgan fingerprint density at radius 2 is 0.969 bits per heavy atom. The predicted molar refractivity (Wildman–Crippen MR) is 308 cm³/mol. The van der Waals surface area contributed by atoms with Crippen LogP contribution < -0.4 is 5.46 Å². The monoisotopic (exact) mass is 952 g/mol. The lowest BCUT2D eigenvalue weighted by Crippen LogP contribution is -2.85. The van der Waals surface area contributed by atoms with Crippen molar-refractivity contribution >= 4 is 228 Å². The second-order valence-electron chi connectivity index (χ2n) is 18.0. The van der Waals surface area contributed by atoms with Gasteiger partial charge in [-0.15, -0.1) is 0 Å². The van der Waals surface area contributed by atoms with Gasteiger partial charge in [0.1, 0.15) is 16.9 Å². The van der Waals surface area contributed by atoms with Gasteiger partial charge < -0.3 is 19.5 Å². The normalized spacial score (nSPS) is 13.3. The largest absolute Gasteiger partial charge is 0.496 e. The summed E-state index contributed by atoms with van der Waals surface area (Å²) in [5, 5.41) is 19.4. The van der Waals surface area contributed by atoms with Gasteiger partial charge in [0, 0.05) is 218 Å². The Balaban J connectivity index is 0.000000462. The van der Waals surface area contributed by atoms with Crippen molar-refractivity contribution in [2.24, 2.45) is 0 Å². The van der Waals surface area contributed by atoms with E-state index in [9.17, 15) is 15.0 Å². The van der Waals surface area contributed by atoms with Gasteiger partial charge in [0.15, 0.2) is 5.78 Å². The lowest BCUT2D eigenvalue weighted by molar-refractivity contribution is 0.00578. The van der Waals surface area contributed by atoms with Gasteiger partial charge in [-0.25, -0.2) is 0 Å². The first-order valence-electron chi connectivity index (χ1n) is 20.7. The predicted octanol–water partition coefficient (Wildman–Crippen LogP) is -3.79. The van der Waals surface area contributed by atoms with Crippen molar-refractivity contribution < 1.29 is 24.3 Å². The fourth-order valence-electron chi connectivity index (χ4n) is 6.80. The molecule has 0 spiro atoms. The second-order valence-corrected chi connectivity index (χ2v) is 19.8. The summed E-state index contributed by atoms with van der Waals surface area (Å²) in [6.07, 6.45) is -4.21. The fourth-order valence-corrected chi connectivity index (χ4v) is 7.27. The van der Waals surface area contributed by atoms with E-state index in [1.54, 1.807) is 70.6 Å². The quantitative estimate of drug-likeness (QED) is 0.118. The van der Waals surface area contributed by atoms with Crippen LogP contribution in [0.2, 0.25) is 0 Å². The maximum absolute atomic E-state index is 10.7. The lowest BCUT2D eigenvalue weighted by Gasteiger charge is -2.47. The summed E-state index contributed by atoms with van der Waals surface area (Å²) < 4.78 is 13.7.